The molecule has 3 aromatic rings. The molecule has 0 N–H and O–H groups in total. The highest BCUT2D eigenvalue weighted by Gasteiger charge is 2.14. The van der Waals surface area contributed by atoms with Crippen molar-refractivity contribution in [3.63, 3.8) is 0 Å². The second-order valence-corrected chi connectivity index (χ2v) is 6.45. The van der Waals surface area contributed by atoms with Gasteiger partial charge in [-0.05, 0) is 38.0 Å². The summed E-state index contributed by atoms with van der Waals surface area (Å²) in [5, 5.41) is 1.73. The van der Waals surface area contributed by atoms with E-state index in [0.717, 1.165) is 47.1 Å². The lowest BCUT2D eigenvalue weighted by molar-refractivity contribution is 0.126. The zero-order chi connectivity index (χ0) is 17.6. The van der Waals surface area contributed by atoms with Crippen LogP contribution in [0.15, 0.2) is 30.5 Å². The molecule has 2 aromatic heterocycles. The normalized spacial score (nSPS) is 11.3. The molecule has 0 atom stereocenters. The number of fused-ring (bicyclic) bond motifs is 3. The fourth-order valence-corrected chi connectivity index (χ4v) is 3.03. The first-order chi connectivity index (χ1) is 12.2. The topological polar surface area (TPSA) is 49.2 Å². The smallest absolute Gasteiger partial charge is 0.156 e. The summed E-state index contributed by atoms with van der Waals surface area (Å²) in [6, 6.07) is 8.18. The Hall–Kier alpha value is -2.05. The van der Waals surface area contributed by atoms with Gasteiger partial charge in [-0.25, -0.2) is 4.98 Å². The molecule has 6 heteroatoms. The van der Waals surface area contributed by atoms with Gasteiger partial charge in [0, 0.05) is 25.5 Å². The van der Waals surface area contributed by atoms with E-state index in [1.807, 2.05) is 31.3 Å². The minimum Gasteiger partial charge on any atom is -0.487 e. The van der Waals surface area contributed by atoms with Gasteiger partial charge in [0.1, 0.15) is 17.9 Å². The Morgan fingerprint density at radius 3 is 2.84 bits per heavy atom. The maximum absolute atomic E-state index is 5.62. The monoisotopic (exact) mass is 357 g/mol. The number of nitrogens with zero attached hydrogens (tertiary/aromatic N) is 3. The zero-order valence-corrected chi connectivity index (χ0v) is 15.5. The standard InChI is InChI=1S/C19H23N3O2S/c1-3-23-13-18-21-17-12-20-16-9-5-4-8-15(16)19(17)22(18)10-6-7-11-24-14(2)25/h4-5,8-9,12H,3,6-7,10-11,13H2,1-2H3. The van der Waals surface area contributed by atoms with Gasteiger partial charge in [-0.15, -0.1) is 0 Å². The van der Waals surface area contributed by atoms with Crippen LogP contribution in [0.3, 0.4) is 0 Å². The number of pyridine rings is 1. The number of aryl methyl sites for hydroxylation is 1. The fourth-order valence-electron chi connectivity index (χ4n) is 2.94. The maximum Gasteiger partial charge on any atom is 0.156 e. The van der Waals surface area contributed by atoms with Crippen LogP contribution in [0.25, 0.3) is 21.9 Å². The van der Waals surface area contributed by atoms with Gasteiger partial charge in [0.05, 0.1) is 23.8 Å². The summed E-state index contributed by atoms with van der Waals surface area (Å²) >= 11 is 4.95. The highest BCUT2D eigenvalue weighted by molar-refractivity contribution is 7.80. The Balaban J connectivity index is 1.91. The number of para-hydroxylation sites is 1. The van der Waals surface area contributed by atoms with Gasteiger partial charge in [-0.3, -0.25) is 4.98 Å². The Morgan fingerprint density at radius 2 is 2.04 bits per heavy atom. The number of hydrogen-bond acceptors (Lipinski definition) is 5. The van der Waals surface area contributed by atoms with Crippen LogP contribution in [0.1, 0.15) is 32.5 Å². The lowest BCUT2D eigenvalue weighted by atomic mass is 10.2. The third kappa shape index (κ3) is 4.14. The van der Waals surface area contributed by atoms with Crippen molar-refractivity contribution >= 4 is 39.2 Å². The predicted octanol–water partition coefficient (Wildman–Crippen LogP) is 4.27. The molecule has 132 valence electrons. The van der Waals surface area contributed by atoms with Crippen molar-refractivity contribution in [1.29, 1.82) is 0 Å². The first-order valence-corrected chi connectivity index (χ1v) is 9.05. The van der Waals surface area contributed by atoms with Gasteiger partial charge >= 0.3 is 0 Å². The highest BCUT2D eigenvalue weighted by Crippen LogP contribution is 2.25. The van der Waals surface area contributed by atoms with Crippen LogP contribution < -0.4 is 0 Å². The Kier molecular flexibility index (Phi) is 5.94. The number of unbranched alkanes of at least 4 members (excludes halogenated alkanes) is 1. The summed E-state index contributed by atoms with van der Waals surface area (Å²) in [4.78, 5) is 9.27. The second-order valence-electron chi connectivity index (χ2n) is 5.87. The molecule has 0 unspecified atom stereocenters. The number of thiocarbonyl (C=S) groups is 1. The molecule has 3 rings (SSSR count). The Bertz CT molecular complexity index is 876. The Morgan fingerprint density at radius 1 is 1.20 bits per heavy atom. The zero-order valence-electron chi connectivity index (χ0n) is 14.7. The van der Waals surface area contributed by atoms with E-state index in [1.54, 1.807) is 6.92 Å². The molecule has 1 aromatic carbocycles. The van der Waals surface area contributed by atoms with Crippen LogP contribution in [-0.4, -0.2) is 32.8 Å². The molecular weight excluding hydrogens is 334 g/mol. The molecule has 2 heterocycles. The van der Waals surface area contributed by atoms with E-state index < -0.39 is 0 Å². The molecular formula is C19H23N3O2S. The molecule has 0 fully saturated rings. The van der Waals surface area contributed by atoms with Gasteiger partial charge in [-0.2, -0.15) is 0 Å². The SMILES string of the molecule is CCOCc1nc2cnc3ccccc3c2n1CCCCOC(C)=S. The molecule has 0 saturated carbocycles. The third-order valence-corrected chi connectivity index (χ3v) is 4.19. The van der Waals surface area contributed by atoms with Crippen molar-refractivity contribution < 1.29 is 9.47 Å². The fraction of sp³-hybridized carbons (Fsp3) is 0.421. The van der Waals surface area contributed by atoms with Crippen LogP contribution in [0.5, 0.6) is 0 Å². The number of rotatable bonds is 8. The summed E-state index contributed by atoms with van der Waals surface area (Å²) < 4.78 is 13.3. The summed E-state index contributed by atoms with van der Waals surface area (Å²) in [5.41, 5.74) is 3.03. The first kappa shape index (κ1) is 17.8. The van der Waals surface area contributed by atoms with E-state index in [0.29, 0.717) is 24.9 Å². The van der Waals surface area contributed by atoms with Gasteiger partial charge < -0.3 is 14.0 Å². The largest absolute Gasteiger partial charge is 0.487 e. The van der Waals surface area contributed by atoms with Crippen LogP contribution in [-0.2, 0) is 22.6 Å². The molecule has 0 bridgehead atoms. The van der Waals surface area contributed by atoms with Crippen molar-refractivity contribution in [2.45, 2.75) is 39.8 Å². The van der Waals surface area contributed by atoms with Crippen molar-refractivity contribution in [1.82, 2.24) is 14.5 Å². The van der Waals surface area contributed by atoms with E-state index in [2.05, 4.69) is 15.6 Å². The molecule has 5 nitrogen and oxygen atoms in total. The molecule has 0 saturated heterocycles. The van der Waals surface area contributed by atoms with Gasteiger partial charge in [-0.1, -0.05) is 18.2 Å². The summed E-state index contributed by atoms with van der Waals surface area (Å²) in [5.74, 6) is 0.946. The Labute approximate surface area is 153 Å². The van der Waals surface area contributed by atoms with Crippen molar-refractivity contribution in [2.75, 3.05) is 13.2 Å². The van der Waals surface area contributed by atoms with E-state index >= 15 is 0 Å². The van der Waals surface area contributed by atoms with Crippen molar-refractivity contribution in [2.24, 2.45) is 0 Å². The van der Waals surface area contributed by atoms with E-state index in [4.69, 9.17) is 26.7 Å². The third-order valence-electron chi connectivity index (χ3n) is 4.08. The molecule has 0 aliphatic carbocycles. The van der Waals surface area contributed by atoms with Crippen LogP contribution in [0, 0.1) is 0 Å². The molecule has 0 aliphatic rings. The lowest BCUT2D eigenvalue weighted by Gasteiger charge is -2.11. The van der Waals surface area contributed by atoms with Crippen molar-refractivity contribution in [3.05, 3.63) is 36.3 Å². The molecule has 0 aliphatic heterocycles. The number of hydrogen-bond donors (Lipinski definition) is 0. The number of aromatic nitrogens is 3. The highest BCUT2D eigenvalue weighted by atomic mass is 32.1. The van der Waals surface area contributed by atoms with Gasteiger partial charge in [0.2, 0.25) is 0 Å². The quantitative estimate of drug-likeness (QED) is 0.445. The predicted molar refractivity (Wildman–Crippen MR) is 104 cm³/mol. The lowest BCUT2D eigenvalue weighted by Crippen LogP contribution is -2.07. The molecule has 0 spiro atoms. The minimum absolute atomic E-state index is 0.509. The van der Waals surface area contributed by atoms with Gasteiger partial charge in [0.25, 0.3) is 0 Å². The number of imidazole rings is 1. The second kappa shape index (κ2) is 8.36. The van der Waals surface area contributed by atoms with E-state index in [-0.39, 0.29) is 0 Å². The average molecular weight is 357 g/mol. The molecule has 0 radical (unpaired) electrons. The molecule has 0 amide bonds. The van der Waals surface area contributed by atoms with Crippen LogP contribution in [0.4, 0.5) is 0 Å². The summed E-state index contributed by atoms with van der Waals surface area (Å²) in [7, 11) is 0. The first-order valence-electron chi connectivity index (χ1n) is 8.64. The van der Waals surface area contributed by atoms with Crippen molar-refractivity contribution in [3.8, 4) is 0 Å². The van der Waals surface area contributed by atoms with Gasteiger partial charge in [0.15, 0.2) is 5.05 Å². The van der Waals surface area contributed by atoms with Crippen LogP contribution >= 0.6 is 12.2 Å². The van der Waals surface area contributed by atoms with Crippen LogP contribution in [0.2, 0.25) is 0 Å². The average Bonchev–Trinajstić information content (AvgIpc) is 2.97. The summed E-state index contributed by atoms with van der Waals surface area (Å²) in [6.45, 7) is 6.50. The maximum atomic E-state index is 5.62. The van der Waals surface area contributed by atoms with E-state index in [9.17, 15) is 0 Å². The molecule has 25 heavy (non-hydrogen) atoms. The minimum atomic E-state index is 0.509. The summed E-state index contributed by atoms with van der Waals surface area (Å²) in [6.07, 6.45) is 3.79. The number of benzene rings is 1. The number of ether oxygens (including phenoxy) is 2. The van der Waals surface area contributed by atoms with E-state index in [1.165, 1.54) is 0 Å².